The van der Waals surface area contributed by atoms with E-state index in [9.17, 15) is 19.8 Å². The number of carboxylic acid groups (broad SMARTS) is 1. The van der Waals surface area contributed by atoms with E-state index < -0.39 is 18.1 Å². The van der Waals surface area contributed by atoms with Crippen LogP contribution < -0.4 is 0 Å². The molecule has 0 bridgehead atoms. The Bertz CT molecular complexity index is 379. The molecule has 6 nitrogen and oxygen atoms in total. The summed E-state index contributed by atoms with van der Waals surface area (Å²) in [6.45, 7) is 0.452. The third-order valence-corrected chi connectivity index (χ3v) is 5.18. The topological polar surface area (TPSA) is 81.1 Å². The quantitative estimate of drug-likeness (QED) is 0.790. The molecule has 0 aromatic rings. The number of thioether (sulfide) groups is 1. The van der Waals surface area contributed by atoms with Gasteiger partial charge in [0.25, 0.3) is 0 Å². The number of nitrogens with zero attached hydrogens (tertiary/aromatic N) is 2. The second-order valence-electron chi connectivity index (χ2n) is 5.43. The summed E-state index contributed by atoms with van der Waals surface area (Å²) in [4.78, 5) is 26.8. The molecule has 3 atom stereocenters. The maximum Gasteiger partial charge on any atom is 0.327 e. The standard InChI is InChI=1S/C13H22N2O4S/c1-14(9-4-2-3-5-11(9)16)13(19)15-6-7-20-8-10(15)12(17)18/h9-11,16H,2-8H2,1H3,(H,17,18). The first-order valence-corrected chi connectivity index (χ1v) is 8.20. The number of aliphatic carboxylic acids is 1. The molecule has 0 aromatic carbocycles. The average Bonchev–Trinajstić information content (AvgIpc) is 2.46. The van der Waals surface area contributed by atoms with E-state index in [1.165, 1.54) is 9.80 Å². The van der Waals surface area contributed by atoms with Crippen LogP contribution in [0.2, 0.25) is 0 Å². The van der Waals surface area contributed by atoms with Crippen molar-refractivity contribution in [2.45, 2.75) is 43.9 Å². The van der Waals surface area contributed by atoms with E-state index >= 15 is 0 Å². The number of urea groups is 1. The van der Waals surface area contributed by atoms with E-state index in [0.29, 0.717) is 18.7 Å². The number of aliphatic hydroxyl groups is 1. The van der Waals surface area contributed by atoms with Crippen LogP contribution in [0.1, 0.15) is 25.7 Å². The van der Waals surface area contributed by atoms with Gasteiger partial charge in [-0.3, -0.25) is 0 Å². The molecule has 3 unspecified atom stereocenters. The molecule has 1 saturated heterocycles. The van der Waals surface area contributed by atoms with Crippen LogP contribution in [-0.4, -0.2) is 75.3 Å². The minimum absolute atomic E-state index is 0.194. The number of likely N-dealkylation sites (N-methyl/N-ethyl adjacent to an activating group) is 1. The average molecular weight is 302 g/mol. The number of hydrogen-bond donors (Lipinski definition) is 2. The van der Waals surface area contributed by atoms with E-state index in [2.05, 4.69) is 0 Å². The largest absolute Gasteiger partial charge is 0.480 e. The normalized spacial score (nSPS) is 30.9. The number of rotatable bonds is 2. The molecule has 1 aliphatic carbocycles. The fraction of sp³-hybridized carbons (Fsp3) is 0.846. The maximum absolute atomic E-state index is 12.5. The fourth-order valence-electron chi connectivity index (χ4n) is 2.93. The highest BCUT2D eigenvalue weighted by molar-refractivity contribution is 7.99. The molecule has 1 aliphatic heterocycles. The van der Waals surface area contributed by atoms with Gasteiger partial charge in [-0.15, -0.1) is 0 Å². The minimum atomic E-state index is -0.955. The third kappa shape index (κ3) is 3.20. The lowest BCUT2D eigenvalue weighted by Gasteiger charge is -2.40. The molecule has 1 heterocycles. The second-order valence-corrected chi connectivity index (χ2v) is 6.58. The Kier molecular flexibility index (Phi) is 5.15. The lowest BCUT2D eigenvalue weighted by Crippen LogP contribution is -2.57. The summed E-state index contributed by atoms with van der Waals surface area (Å²) in [5, 5.41) is 19.3. The van der Waals surface area contributed by atoms with Crippen LogP contribution in [0.4, 0.5) is 4.79 Å². The van der Waals surface area contributed by atoms with Gasteiger partial charge in [0.1, 0.15) is 6.04 Å². The second kappa shape index (κ2) is 6.67. The molecule has 2 aliphatic rings. The first kappa shape index (κ1) is 15.4. The zero-order chi connectivity index (χ0) is 14.7. The molecule has 114 valence electrons. The van der Waals surface area contributed by atoms with E-state index in [-0.39, 0.29) is 12.1 Å². The van der Waals surface area contributed by atoms with Gasteiger partial charge in [0.2, 0.25) is 0 Å². The number of hydrogen-bond acceptors (Lipinski definition) is 4. The predicted octanol–water partition coefficient (Wildman–Crippen LogP) is 0.844. The van der Waals surface area contributed by atoms with Gasteiger partial charge in [-0.2, -0.15) is 11.8 Å². The van der Waals surface area contributed by atoms with Gasteiger partial charge in [-0.05, 0) is 12.8 Å². The summed E-state index contributed by atoms with van der Waals surface area (Å²) in [7, 11) is 1.67. The van der Waals surface area contributed by atoms with Gasteiger partial charge >= 0.3 is 12.0 Å². The Balaban J connectivity index is 2.06. The summed E-state index contributed by atoms with van der Waals surface area (Å²) in [6.07, 6.45) is 2.97. The predicted molar refractivity (Wildman–Crippen MR) is 76.9 cm³/mol. The fourth-order valence-corrected chi connectivity index (χ4v) is 3.96. The van der Waals surface area contributed by atoms with Gasteiger partial charge < -0.3 is 20.0 Å². The van der Waals surface area contributed by atoms with Crippen molar-refractivity contribution < 1.29 is 19.8 Å². The highest BCUT2D eigenvalue weighted by atomic mass is 32.2. The summed E-state index contributed by atoms with van der Waals surface area (Å²) in [5.74, 6) is 0.238. The Morgan fingerprint density at radius 1 is 1.30 bits per heavy atom. The molecule has 2 fully saturated rings. The number of carbonyl (C=O) groups excluding carboxylic acids is 1. The molecule has 7 heteroatoms. The Morgan fingerprint density at radius 3 is 2.65 bits per heavy atom. The maximum atomic E-state index is 12.5. The van der Waals surface area contributed by atoms with Crippen molar-refractivity contribution in [3.8, 4) is 0 Å². The summed E-state index contributed by atoms with van der Waals surface area (Å²) < 4.78 is 0. The van der Waals surface area contributed by atoms with Gasteiger partial charge in [0.05, 0.1) is 12.1 Å². The van der Waals surface area contributed by atoms with E-state index in [1.54, 1.807) is 18.8 Å². The zero-order valence-corrected chi connectivity index (χ0v) is 12.5. The molecule has 0 radical (unpaired) electrons. The number of carboxylic acids is 1. The third-order valence-electron chi connectivity index (χ3n) is 4.15. The Morgan fingerprint density at radius 2 is 2.00 bits per heavy atom. The van der Waals surface area contributed by atoms with Gasteiger partial charge in [0, 0.05) is 25.1 Å². The zero-order valence-electron chi connectivity index (χ0n) is 11.7. The summed E-state index contributed by atoms with van der Waals surface area (Å²) in [5.41, 5.74) is 0. The lowest BCUT2D eigenvalue weighted by atomic mass is 9.92. The van der Waals surface area contributed by atoms with Crippen LogP contribution in [0.3, 0.4) is 0 Å². The van der Waals surface area contributed by atoms with Gasteiger partial charge in [-0.25, -0.2) is 9.59 Å². The van der Waals surface area contributed by atoms with Crippen molar-refractivity contribution in [2.75, 3.05) is 25.1 Å². The first-order valence-electron chi connectivity index (χ1n) is 7.04. The molecular weight excluding hydrogens is 280 g/mol. The SMILES string of the molecule is CN(C(=O)N1CCSCC1C(=O)O)C1CCCCC1O. The highest BCUT2D eigenvalue weighted by Gasteiger charge is 2.37. The molecule has 1 saturated carbocycles. The molecular formula is C13H22N2O4S. The molecule has 0 spiro atoms. The monoisotopic (exact) mass is 302 g/mol. The van der Waals surface area contributed by atoms with Crippen LogP contribution in [0.15, 0.2) is 0 Å². The van der Waals surface area contributed by atoms with Crippen molar-refractivity contribution >= 4 is 23.8 Å². The van der Waals surface area contributed by atoms with Crippen molar-refractivity contribution in [3.05, 3.63) is 0 Å². The summed E-state index contributed by atoms with van der Waals surface area (Å²) >= 11 is 1.56. The van der Waals surface area contributed by atoms with E-state index in [0.717, 1.165) is 25.0 Å². The van der Waals surface area contributed by atoms with Crippen molar-refractivity contribution in [1.29, 1.82) is 0 Å². The first-order chi connectivity index (χ1) is 9.52. The van der Waals surface area contributed by atoms with Crippen molar-refractivity contribution in [2.24, 2.45) is 0 Å². The molecule has 2 N–H and O–H groups in total. The van der Waals surface area contributed by atoms with Crippen LogP contribution in [0.5, 0.6) is 0 Å². The molecule has 0 aromatic heterocycles. The van der Waals surface area contributed by atoms with Crippen LogP contribution >= 0.6 is 11.8 Å². The minimum Gasteiger partial charge on any atom is -0.480 e. The van der Waals surface area contributed by atoms with Gasteiger partial charge in [-0.1, -0.05) is 12.8 Å². The van der Waals surface area contributed by atoms with Crippen LogP contribution in [-0.2, 0) is 4.79 Å². The number of carbonyl (C=O) groups is 2. The Labute approximate surface area is 123 Å². The van der Waals surface area contributed by atoms with E-state index in [4.69, 9.17) is 0 Å². The Hall–Kier alpha value is -0.950. The molecule has 2 rings (SSSR count). The molecule has 20 heavy (non-hydrogen) atoms. The number of aliphatic hydroxyl groups excluding tert-OH is 1. The van der Waals surface area contributed by atoms with Crippen LogP contribution in [0.25, 0.3) is 0 Å². The van der Waals surface area contributed by atoms with Gasteiger partial charge in [0.15, 0.2) is 0 Å². The summed E-state index contributed by atoms with van der Waals surface area (Å²) in [6, 6.07) is -1.23. The van der Waals surface area contributed by atoms with Crippen LogP contribution in [0, 0.1) is 0 Å². The highest BCUT2D eigenvalue weighted by Crippen LogP contribution is 2.25. The molecule has 2 amide bonds. The smallest absolute Gasteiger partial charge is 0.327 e. The van der Waals surface area contributed by atoms with E-state index in [1.807, 2.05) is 0 Å². The lowest BCUT2D eigenvalue weighted by molar-refractivity contribution is -0.141. The number of amides is 2. The van der Waals surface area contributed by atoms with Crippen molar-refractivity contribution in [1.82, 2.24) is 9.80 Å². The van der Waals surface area contributed by atoms with Crippen molar-refractivity contribution in [3.63, 3.8) is 0 Å².